The van der Waals surface area contributed by atoms with E-state index in [0.29, 0.717) is 15.9 Å². The van der Waals surface area contributed by atoms with Crippen molar-refractivity contribution >= 4 is 56.8 Å². The molecule has 0 amide bonds. The molecule has 0 spiro atoms. The topological polar surface area (TPSA) is 45.8 Å². The van der Waals surface area contributed by atoms with E-state index in [1.807, 2.05) is 0 Å². The summed E-state index contributed by atoms with van der Waals surface area (Å²) in [7, 11) is 0. The Morgan fingerprint density at radius 1 is 1.22 bits per heavy atom. The van der Waals surface area contributed by atoms with Gasteiger partial charge in [0.25, 0.3) is 5.56 Å². The molecule has 116 valence electrons. The van der Waals surface area contributed by atoms with Gasteiger partial charge in [-0.1, -0.05) is 40.9 Å². The van der Waals surface area contributed by atoms with Crippen molar-refractivity contribution in [2.45, 2.75) is 0 Å². The second-order valence-electron chi connectivity index (χ2n) is 4.70. The van der Waals surface area contributed by atoms with Crippen LogP contribution in [0.25, 0.3) is 22.0 Å². The molecule has 1 aromatic heterocycles. The van der Waals surface area contributed by atoms with Crippen molar-refractivity contribution < 1.29 is 4.39 Å². The molecular formula is C16H8Cl3FN2O. The van der Waals surface area contributed by atoms with Gasteiger partial charge in [0.1, 0.15) is 5.82 Å². The Bertz CT molecular complexity index is 978. The average Bonchev–Trinajstić information content (AvgIpc) is 2.50. The predicted molar refractivity (Wildman–Crippen MR) is 92.5 cm³/mol. The summed E-state index contributed by atoms with van der Waals surface area (Å²) in [6, 6.07) is 9.00. The van der Waals surface area contributed by atoms with Crippen LogP contribution in [0.3, 0.4) is 0 Å². The number of fused-ring (bicyclic) bond motifs is 1. The van der Waals surface area contributed by atoms with Crippen LogP contribution in [0.1, 0.15) is 11.4 Å². The van der Waals surface area contributed by atoms with E-state index in [9.17, 15) is 9.18 Å². The Balaban J connectivity index is 2.16. The lowest BCUT2D eigenvalue weighted by atomic mass is 10.2. The molecule has 0 unspecified atom stereocenters. The van der Waals surface area contributed by atoms with Crippen molar-refractivity contribution in [1.29, 1.82) is 0 Å². The first-order valence-electron chi connectivity index (χ1n) is 6.47. The molecule has 0 aliphatic rings. The van der Waals surface area contributed by atoms with E-state index in [4.69, 9.17) is 34.8 Å². The van der Waals surface area contributed by atoms with Crippen LogP contribution in [0.5, 0.6) is 0 Å². The van der Waals surface area contributed by atoms with E-state index in [1.54, 1.807) is 18.2 Å². The molecule has 0 fully saturated rings. The summed E-state index contributed by atoms with van der Waals surface area (Å²) >= 11 is 18.0. The fourth-order valence-electron chi connectivity index (χ4n) is 2.07. The Morgan fingerprint density at radius 2 is 2.00 bits per heavy atom. The van der Waals surface area contributed by atoms with Crippen molar-refractivity contribution in [2.75, 3.05) is 0 Å². The third kappa shape index (κ3) is 3.24. The zero-order valence-electron chi connectivity index (χ0n) is 11.4. The van der Waals surface area contributed by atoms with E-state index in [0.717, 1.165) is 0 Å². The number of H-pyrrole nitrogens is 1. The third-order valence-corrected chi connectivity index (χ3v) is 4.02. The minimum atomic E-state index is -0.526. The van der Waals surface area contributed by atoms with Crippen LogP contribution in [0.4, 0.5) is 4.39 Å². The van der Waals surface area contributed by atoms with Crippen molar-refractivity contribution in [3.8, 4) is 0 Å². The van der Waals surface area contributed by atoms with Gasteiger partial charge in [-0.05, 0) is 36.4 Å². The van der Waals surface area contributed by atoms with Crippen molar-refractivity contribution in [3.63, 3.8) is 0 Å². The fourth-order valence-corrected chi connectivity index (χ4v) is 2.65. The molecule has 0 bridgehead atoms. The summed E-state index contributed by atoms with van der Waals surface area (Å²) in [6.45, 7) is 0. The van der Waals surface area contributed by atoms with Gasteiger partial charge in [-0.3, -0.25) is 4.79 Å². The lowest BCUT2D eigenvalue weighted by molar-refractivity contribution is 0.625. The molecule has 1 heterocycles. The number of aromatic nitrogens is 2. The number of halogens is 4. The summed E-state index contributed by atoms with van der Waals surface area (Å²) in [4.78, 5) is 18.9. The Hall–Kier alpha value is -1.88. The molecule has 0 aliphatic carbocycles. The van der Waals surface area contributed by atoms with E-state index < -0.39 is 5.82 Å². The maximum absolute atomic E-state index is 13.8. The molecular weight excluding hydrogens is 362 g/mol. The number of nitrogens with one attached hydrogen (secondary N) is 1. The minimum absolute atomic E-state index is 0.0518. The van der Waals surface area contributed by atoms with Crippen LogP contribution >= 0.6 is 34.8 Å². The molecule has 1 N–H and O–H groups in total. The summed E-state index contributed by atoms with van der Waals surface area (Å²) in [5.41, 5.74) is 0.142. The number of aromatic amines is 1. The molecule has 3 nitrogen and oxygen atoms in total. The van der Waals surface area contributed by atoms with Crippen LogP contribution in [0.15, 0.2) is 41.2 Å². The summed E-state index contributed by atoms with van der Waals surface area (Å²) in [5.74, 6) is -0.424. The molecule has 0 radical (unpaired) electrons. The first kappa shape index (κ1) is 16.0. The van der Waals surface area contributed by atoms with Gasteiger partial charge in [-0.2, -0.15) is 0 Å². The summed E-state index contributed by atoms with van der Waals surface area (Å²) in [6.07, 6.45) is 1.31. The zero-order valence-corrected chi connectivity index (χ0v) is 13.7. The molecule has 3 rings (SSSR count). The van der Waals surface area contributed by atoms with Crippen LogP contribution in [0, 0.1) is 5.82 Å². The fraction of sp³-hybridized carbons (Fsp3) is 0. The molecule has 7 heteroatoms. The standard InChI is InChI=1S/C16H8Cl3FN2O/c17-8-4-5-9-14(6-8)21-15(22-16(9)23)12(19)7-10-11(18)2-1-3-13(10)20/h1-7H,(H,21,22,23). The lowest BCUT2D eigenvalue weighted by Gasteiger charge is -2.04. The van der Waals surface area contributed by atoms with Gasteiger partial charge in [0.15, 0.2) is 5.82 Å². The second kappa shape index (κ2) is 6.32. The Labute approximate surface area is 145 Å². The van der Waals surface area contributed by atoms with Gasteiger partial charge >= 0.3 is 0 Å². The molecule has 23 heavy (non-hydrogen) atoms. The van der Waals surface area contributed by atoms with Gasteiger partial charge in [-0.15, -0.1) is 0 Å². The number of nitrogens with zero attached hydrogens (tertiary/aromatic N) is 1. The predicted octanol–water partition coefficient (Wildman–Crippen LogP) is 5.11. The van der Waals surface area contributed by atoms with Crippen molar-refractivity contribution in [2.24, 2.45) is 0 Å². The number of rotatable bonds is 2. The Kier molecular flexibility index (Phi) is 4.39. The van der Waals surface area contributed by atoms with Gasteiger partial charge in [0.05, 0.1) is 21.0 Å². The molecule has 0 atom stereocenters. The van der Waals surface area contributed by atoms with Crippen LogP contribution in [-0.4, -0.2) is 9.97 Å². The maximum Gasteiger partial charge on any atom is 0.259 e. The highest BCUT2D eigenvalue weighted by molar-refractivity contribution is 6.51. The molecule has 0 saturated carbocycles. The SMILES string of the molecule is O=c1[nH]c(C(Cl)=Cc2c(F)cccc2Cl)nc2cc(Cl)ccc12. The normalized spacial score (nSPS) is 11.9. The highest BCUT2D eigenvalue weighted by Gasteiger charge is 2.10. The monoisotopic (exact) mass is 368 g/mol. The number of hydrogen-bond donors (Lipinski definition) is 1. The maximum atomic E-state index is 13.8. The first-order chi connectivity index (χ1) is 11.0. The van der Waals surface area contributed by atoms with Gasteiger partial charge in [0.2, 0.25) is 0 Å². The lowest BCUT2D eigenvalue weighted by Crippen LogP contribution is -2.10. The summed E-state index contributed by atoms with van der Waals surface area (Å²) in [5, 5.41) is 1.08. The number of hydrogen-bond acceptors (Lipinski definition) is 2. The highest BCUT2D eigenvalue weighted by Crippen LogP contribution is 2.26. The molecule has 2 aromatic carbocycles. The largest absolute Gasteiger partial charge is 0.305 e. The first-order valence-corrected chi connectivity index (χ1v) is 7.60. The summed E-state index contributed by atoms with van der Waals surface area (Å²) < 4.78 is 13.8. The van der Waals surface area contributed by atoms with E-state index in [2.05, 4.69) is 9.97 Å². The van der Waals surface area contributed by atoms with Gasteiger partial charge in [0, 0.05) is 10.6 Å². The second-order valence-corrected chi connectivity index (χ2v) is 5.95. The third-order valence-electron chi connectivity index (χ3n) is 3.17. The molecule has 3 aromatic rings. The van der Waals surface area contributed by atoms with E-state index >= 15 is 0 Å². The minimum Gasteiger partial charge on any atom is -0.305 e. The van der Waals surface area contributed by atoms with Crippen molar-refractivity contribution in [1.82, 2.24) is 9.97 Å². The molecule has 0 saturated heterocycles. The van der Waals surface area contributed by atoms with Gasteiger partial charge < -0.3 is 4.98 Å². The van der Waals surface area contributed by atoms with Crippen LogP contribution < -0.4 is 5.56 Å². The van der Waals surface area contributed by atoms with Crippen LogP contribution in [0.2, 0.25) is 10.0 Å². The van der Waals surface area contributed by atoms with E-state index in [1.165, 1.54) is 24.3 Å². The smallest absolute Gasteiger partial charge is 0.259 e. The Morgan fingerprint density at radius 3 is 2.74 bits per heavy atom. The highest BCUT2D eigenvalue weighted by atomic mass is 35.5. The zero-order chi connectivity index (χ0) is 16.6. The van der Waals surface area contributed by atoms with Gasteiger partial charge in [-0.25, -0.2) is 9.37 Å². The average molecular weight is 370 g/mol. The van der Waals surface area contributed by atoms with E-state index in [-0.39, 0.29) is 27.0 Å². The number of benzene rings is 2. The van der Waals surface area contributed by atoms with Crippen molar-refractivity contribution in [3.05, 3.63) is 74.0 Å². The molecule has 0 aliphatic heterocycles. The van der Waals surface area contributed by atoms with Crippen LogP contribution in [-0.2, 0) is 0 Å². The quantitative estimate of drug-likeness (QED) is 0.682.